The van der Waals surface area contributed by atoms with E-state index in [0.29, 0.717) is 17.8 Å². The van der Waals surface area contributed by atoms with E-state index in [1.807, 2.05) is 29.7 Å². The van der Waals surface area contributed by atoms with Crippen molar-refractivity contribution < 1.29 is 9.59 Å². The summed E-state index contributed by atoms with van der Waals surface area (Å²) in [6.07, 6.45) is 4.07. The molecule has 0 spiro atoms. The van der Waals surface area contributed by atoms with E-state index in [2.05, 4.69) is 16.9 Å². The number of anilines is 1. The summed E-state index contributed by atoms with van der Waals surface area (Å²) in [5, 5.41) is 2.77. The molecule has 5 nitrogen and oxygen atoms in total. The normalized spacial score (nSPS) is 11.7. The lowest BCUT2D eigenvalue weighted by atomic mass is 10.2. The number of unbranched alkanes of at least 4 members (excludes halogenated alkanes) is 1. The lowest BCUT2D eigenvalue weighted by molar-refractivity contribution is -0.118. The van der Waals surface area contributed by atoms with Crippen LogP contribution >= 0.6 is 11.3 Å². The molecule has 0 aliphatic carbocycles. The zero-order chi connectivity index (χ0) is 16.8. The average molecular weight is 331 g/mol. The molecule has 1 aromatic carbocycles. The number of hydrogen-bond acceptors (Lipinski definition) is 3. The van der Waals surface area contributed by atoms with Crippen molar-refractivity contribution >= 4 is 39.1 Å². The molecule has 0 unspecified atom stereocenters. The fourth-order valence-corrected chi connectivity index (χ4v) is 3.33. The topological polar surface area (TPSA) is 63.5 Å². The predicted octanol–water partition coefficient (Wildman–Crippen LogP) is 3.46. The van der Waals surface area contributed by atoms with Gasteiger partial charge in [0, 0.05) is 25.6 Å². The van der Waals surface area contributed by atoms with Crippen molar-refractivity contribution in [3.8, 4) is 0 Å². The van der Waals surface area contributed by atoms with E-state index in [0.717, 1.165) is 28.7 Å². The van der Waals surface area contributed by atoms with E-state index >= 15 is 0 Å². The van der Waals surface area contributed by atoms with Gasteiger partial charge in [0.25, 0.3) is 0 Å². The molecule has 1 N–H and O–H groups in total. The largest absolute Gasteiger partial charge is 0.326 e. The summed E-state index contributed by atoms with van der Waals surface area (Å²) in [6.45, 7) is 7.88. The Hall–Kier alpha value is -2.21. The SMILES string of the molecule is C=CCn1c(=NC(=O)CCCC)sc2cc(NC(C)=O)ccc21. The molecule has 0 saturated carbocycles. The smallest absolute Gasteiger partial charge is 0.248 e. The highest BCUT2D eigenvalue weighted by atomic mass is 32.1. The zero-order valence-electron chi connectivity index (χ0n) is 13.5. The van der Waals surface area contributed by atoms with Gasteiger partial charge in [-0.05, 0) is 24.6 Å². The Balaban J connectivity index is 2.48. The van der Waals surface area contributed by atoms with Crippen LogP contribution in [0.2, 0.25) is 0 Å². The van der Waals surface area contributed by atoms with Gasteiger partial charge in [-0.25, -0.2) is 0 Å². The number of nitrogens with zero attached hydrogens (tertiary/aromatic N) is 2. The summed E-state index contributed by atoms with van der Waals surface area (Å²) >= 11 is 1.44. The van der Waals surface area contributed by atoms with E-state index < -0.39 is 0 Å². The van der Waals surface area contributed by atoms with Crippen LogP contribution in [0.4, 0.5) is 5.69 Å². The number of fused-ring (bicyclic) bond motifs is 1. The molecule has 0 saturated heterocycles. The Labute approximate surface area is 139 Å². The summed E-state index contributed by atoms with van der Waals surface area (Å²) in [4.78, 5) is 28.1. The Morgan fingerprint density at radius 1 is 1.43 bits per heavy atom. The van der Waals surface area contributed by atoms with Crippen LogP contribution in [0.15, 0.2) is 35.8 Å². The van der Waals surface area contributed by atoms with Gasteiger partial charge in [0.1, 0.15) is 0 Å². The number of amides is 2. The molecular formula is C17H21N3O2S. The van der Waals surface area contributed by atoms with Crippen LogP contribution in [-0.4, -0.2) is 16.4 Å². The van der Waals surface area contributed by atoms with Crippen LogP contribution in [0.3, 0.4) is 0 Å². The molecule has 1 heterocycles. The molecule has 0 atom stereocenters. The number of carbonyl (C=O) groups excluding carboxylic acids is 2. The maximum atomic E-state index is 12.0. The molecule has 6 heteroatoms. The van der Waals surface area contributed by atoms with E-state index in [4.69, 9.17) is 0 Å². The van der Waals surface area contributed by atoms with Crippen LogP contribution in [0, 0.1) is 0 Å². The maximum Gasteiger partial charge on any atom is 0.248 e. The van der Waals surface area contributed by atoms with Gasteiger partial charge in [-0.2, -0.15) is 4.99 Å². The second-order valence-corrected chi connectivity index (χ2v) is 6.27. The summed E-state index contributed by atoms with van der Waals surface area (Å²) in [6, 6.07) is 5.67. The fourth-order valence-electron chi connectivity index (χ4n) is 2.24. The molecular weight excluding hydrogens is 310 g/mol. The lowest BCUT2D eigenvalue weighted by Gasteiger charge is -2.03. The number of hydrogen-bond donors (Lipinski definition) is 1. The first-order valence-electron chi connectivity index (χ1n) is 7.64. The molecule has 0 fully saturated rings. The number of aromatic nitrogens is 1. The number of carbonyl (C=O) groups is 2. The van der Waals surface area contributed by atoms with Crippen molar-refractivity contribution in [2.75, 3.05) is 5.32 Å². The first kappa shape index (κ1) is 17.1. The molecule has 0 radical (unpaired) electrons. The molecule has 23 heavy (non-hydrogen) atoms. The van der Waals surface area contributed by atoms with Gasteiger partial charge in [-0.1, -0.05) is 30.8 Å². The average Bonchev–Trinajstić information content (AvgIpc) is 2.82. The maximum absolute atomic E-state index is 12.0. The Kier molecular flexibility index (Phi) is 5.87. The number of nitrogens with one attached hydrogen (secondary N) is 1. The van der Waals surface area contributed by atoms with Gasteiger partial charge < -0.3 is 9.88 Å². The summed E-state index contributed by atoms with van der Waals surface area (Å²) < 4.78 is 2.94. The van der Waals surface area contributed by atoms with Crippen LogP contribution in [0.1, 0.15) is 33.1 Å². The summed E-state index contributed by atoms with van der Waals surface area (Å²) in [7, 11) is 0. The first-order valence-corrected chi connectivity index (χ1v) is 8.46. The van der Waals surface area contributed by atoms with Crippen LogP contribution < -0.4 is 10.1 Å². The molecule has 2 amide bonds. The van der Waals surface area contributed by atoms with E-state index in [9.17, 15) is 9.59 Å². The van der Waals surface area contributed by atoms with Crippen molar-refractivity contribution in [2.45, 2.75) is 39.7 Å². The molecule has 2 rings (SSSR count). The van der Waals surface area contributed by atoms with Gasteiger partial charge >= 0.3 is 0 Å². The minimum Gasteiger partial charge on any atom is -0.326 e. The highest BCUT2D eigenvalue weighted by Crippen LogP contribution is 2.22. The van der Waals surface area contributed by atoms with Crippen molar-refractivity contribution in [2.24, 2.45) is 4.99 Å². The van der Waals surface area contributed by atoms with Gasteiger partial charge in [0.2, 0.25) is 11.8 Å². The van der Waals surface area contributed by atoms with E-state index in [1.54, 1.807) is 6.08 Å². The number of allylic oxidation sites excluding steroid dienone is 1. The van der Waals surface area contributed by atoms with Crippen LogP contribution in [0.5, 0.6) is 0 Å². The highest BCUT2D eigenvalue weighted by Gasteiger charge is 2.08. The minimum atomic E-state index is -0.112. The highest BCUT2D eigenvalue weighted by molar-refractivity contribution is 7.16. The standard InChI is InChI=1S/C17H21N3O2S/c1-4-6-7-16(22)19-17-20(10-5-2)14-9-8-13(18-12(3)21)11-15(14)23-17/h5,8-9,11H,2,4,6-7,10H2,1,3H3,(H,18,21). The molecule has 2 aromatic rings. The zero-order valence-corrected chi connectivity index (χ0v) is 14.3. The minimum absolute atomic E-state index is 0.0988. The Bertz CT molecular complexity index is 802. The molecule has 0 aliphatic rings. The third kappa shape index (κ3) is 4.39. The third-order valence-electron chi connectivity index (χ3n) is 3.28. The second-order valence-electron chi connectivity index (χ2n) is 5.26. The Morgan fingerprint density at radius 3 is 2.87 bits per heavy atom. The quantitative estimate of drug-likeness (QED) is 0.824. The summed E-state index contributed by atoms with van der Waals surface area (Å²) in [5.41, 5.74) is 1.71. The van der Waals surface area contributed by atoms with Gasteiger partial charge in [-0.3, -0.25) is 9.59 Å². The number of rotatable bonds is 6. The second kappa shape index (κ2) is 7.87. The van der Waals surface area contributed by atoms with E-state index in [-0.39, 0.29) is 11.8 Å². The predicted molar refractivity (Wildman–Crippen MR) is 94.4 cm³/mol. The lowest BCUT2D eigenvalue weighted by Crippen LogP contribution is -2.16. The van der Waals surface area contributed by atoms with E-state index in [1.165, 1.54) is 18.3 Å². The summed E-state index contributed by atoms with van der Waals surface area (Å²) in [5.74, 6) is -0.210. The van der Waals surface area contributed by atoms with Crippen LogP contribution in [-0.2, 0) is 16.1 Å². The first-order chi connectivity index (χ1) is 11.0. The fraction of sp³-hybridized carbons (Fsp3) is 0.353. The van der Waals surface area contributed by atoms with Gasteiger partial charge in [-0.15, -0.1) is 6.58 Å². The van der Waals surface area contributed by atoms with Crippen molar-refractivity contribution in [3.05, 3.63) is 35.7 Å². The van der Waals surface area contributed by atoms with Gasteiger partial charge in [0.15, 0.2) is 4.80 Å². The third-order valence-corrected chi connectivity index (χ3v) is 4.32. The molecule has 0 bridgehead atoms. The Morgan fingerprint density at radius 2 is 2.22 bits per heavy atom. The van der Waals surface area contributed by atoms with Crippen molar-refractivity contribution in [1.29, 1.82) is 0 Å². The number of benzene rings is 1. The van der Waals surface area contributed by atoms with Gasteiger partial charge in [0.05, 0.1) is 10.2 Å². The molecule has 0 aliphatic heterocycles. The molecule has 122 valence electrons. The van der Waals surface area contributed by atoms with Crippen molar-refractivity contribution in [3.63, 3.8) is 0 Å². The van der Waals surface area contributed by atoms with Crippen molar-refractivity contribution in [1.82, 2.24) is 4.57 Å². The monoisotopic (exact) mass is 331 g/mol. The number of thiazole rings is 1. The molecule has 1 aromatic heterocycles. The van der Waals surface area contributed by atoms with Crippen LogP contribution in [0.25, 0.3) is 10.2 Å².